The standard InChI is InChI=1S/C65H52N4OSi.Pt/c1-65(2,3)45-32-33-66-62(38-45)69-59-40-48(30-31-54(59)57-37-44-19-16-36-71(34-11-12-35-71)61(44)41-60(57)69)70-47-21-13-20-46(39-47)67-42-68-63-49(43-17-5-4-6-18-43)26-14-27-55(63)52-24-9-7-22-50(52)51-23-8-10-25-53(51)56-28-15-29-58(67)64(56)68;/h4-10,13-15,17-18,20-33,37-38,41H,11-12,16,19,34-36H2,1-3H3;/q-2;. The van der Waals surface area contributed by atoms with Gasteiger partial charge in [0.1, 0.15) is 5.82 Å². The molecule has 3 aliphatic rings. The summed E-state index contributed by atoms with van der Waals surface area (Å²) in [5.74, 6) is 2.15. The number of imidazole rings is 1. The van der Waals surface area contributed by atoms with E-state index < -0.39 is 8.07 Å². The largest absolute Gasteiger partial charge is 0.510 e. The van der Waals surface area contributed by atoms with Gasteiger partial charge in [0.05, 0.1) is 24.8 Å². The van der Waals surface area contributed by atoms with E-state index in [9.17, 15) is 0 Å². The van der Waals surface area contributed by atoms with Crippen LogP contribution in [0.5, 0.6) is 11.5 Å². The molecule has 0 saturated carbocycles. The van der Waals surface area contributed by atoms with Crippen molar-refractivity contribution in [1.82, 2.24) is 14.1 Å². The average Bonchev–Trinajstić information content (AvgIpc) is 4.13. The molecule has 3 aliphatic heterocycles. The van der Waals surface area contributed by atoms with Crippen molar-refractivity contribution in [3.63, 3.8) is 0 Å². The van der Waals surface area contributed by atoms with Crippen molar-refractivity contribution in [2.45, 2.75) is 70.0 Å². The van der Waals surface area contributed by atoms with Gasteiger partial charge in [-0.2, -0.15) is 18.2 Å². The van der Waals surface area contributed by atoms with E-state index in [1.165, 1.54) is 87.9 Å². The molecule has 8 aromatic carbocycles. The van der Waals surface area contributed by atoms with E-state index >= 15 is 0 Å². The monoisotopic (exact) mass is 1130 g/mol. The predicted molar refractivity (Wildman–Crippen MR) is 291 cm³/mol. The molecule has 0 atom stereocenters. The van der Waals surface area contributed by atoms with E-state index in [0.717, 1.165) is 56.0 Å². The molecule has 0 bridgehead atoms. The Morgan fingerprint density at radius 1 is 0.583 bits per heavy atom. The van der Waals surface area contributed by atoms with Crippen LogP contribution in [0, 0.1) is 18.5 Å². The first-order valence-electron chi connectivity index (χ1n) is 25.4. The predicted octanol–water partition coefficient (Wildman–Crippen LogP) is 15.3. The summed E-state index contributed by atoms with van der Waals surface area (Å²) in [7, 11) is -1.54. The molecule has 1 fully saturated rings. The van der Waals surface area contributed by atoms with Crippen LogP contribution in [0.25, 0.3) is 94.5 Å². The Bertz CT molecular complexity index is 3950. The van der Waals surface area contributed by atoms with Crippen molar-refractivity contribution >= 4 is 46.1 Å². The van der Waals surface area contributed by atoms with Crippen LogP contribution in [0.3, 0.4) is 0 Å². The minimum atomic E-state index is -1.54. The number of benzene rings is 8. The molecule has 6 heterocycles. The summed E-state index contributed by atoms with van der Waals surface area (Å²) in [6.45, 7) is 6.82. The molecule has 0 radical (unpaired) electrons. The normalized spacial score (nSPS) is 14.5. The fourth-order valence-electron chi connectivity index (χ4n) is 12.6. The first-order valence-corrected chi connectivity index (χ1v) is 28.0. The Labute approximate surface area is 436 Å². The number of aryl methyl sites for hydroxylation is 1. The zero-order chi connectivity index (χ0) is 47.4. The van der Waals surface area contributed by atoms with Gasteiger partial charge in [-0.05, 0) is 96.7 Å². The van der Waals surface area contributed by atoms with Gasteiger partial charge in [0, 0.05) is 44.3 Å². The first-order chi connectivity index (χ1) is 34.8. The molecule has 5 nitrogen and oxygen atoms in total. The number of ether oxygens (including phenoxy) is 1. The molecule has 72 heavy (non-hydrogen) atoms. The number of para-hydroxylation sites is 2. The summed E-state index contributed by atoms with van der Waals surface area (Å²) < 4.78 is 13.7. The number of pyridine rings is 1. The second-order valence-electron chi connectivity index (χ2n) is 21.0. The van der Waals surface area contributed by atoms with Crippen molar-refractivity contribution in [3.8, 4) is 73.2 Å². The molecule has 11 aromatic rings. The van der Waals surface area contributed by atoms with Crippen molar-refractivity contribution in [2.75, 3.05) is 0 Å². The second-order valence-corrected chi connectivity index (χ2v) is 25.6. The van der Waals surface area contributed by atoms with E-state index in [4.69, 9.17) is 9.72 Å². The van der Waals surface area contributed by atoms with Crippen molar-refractivity contribution in [3.05, 3.63) is 206 Å². The third-order valence-corrected chi connectivity index (χ3v) is 21.5. The maximum absolute atomic E-state index is 6.87. The molecule has 3 aromatic heterocycles. The molecule has 1 saturated heterocycles. The fourth-order valence-corrected chi connectivity index (χ4v) is 18.1. The third-order valence-electron chi connectivity index (χ3n) is 15.9. The van der Waals surface area contributed by atoms with Gasteiger partial charge in [-0.25, -0.2) is 4.98 Å². The molecule has 354 valence electrons. The maximum atomic E-state index is 6.87. The Balaban J connectivity index is 0.00000504. The molecule has 0 unspecified atom stereocenters. The second kappa shape index (κ2) is 17.3. The zero-order valence-corrected chi connectivity index (χ0v) is 44.0. The number of aromatic nitrogens is 4. The average molecular weight is 1130 g/mol. The van der Waals surface area contributed by atoms with Gasteiger partial charge in [-0.15, -0.1) is 29.7 Å². The number of nitrogens with zero attached hydrogens (tertiary/aromatic N) is 4. The summed E-state index contributed by atoms with van der Waals surface area (Å²) in [5.41, 5.74) is 18.3. The molecule has 0 aliphatic carbocycles. The summed E-state index contributed by atoms with van der Waals surface area (Å²) in [6.07, 6.45) is 11.1. The number of rotatable bonds is 5. The van der Waals surface area contributed by atoms with Crippen LogP contribution in [-0.2, 0) is 32.9 Å². The smallest absolute Gasteiger partial charge is 0.268 e. The minimum absolute atomic E-state index is 0. The molecular weight excluding hydrogens is 1080 g/mol. The van der Waals surface area contributed by atoms with E-state index in [-0.39, 0.29) is 26.5 Å². The van der Waals surface area contributed by atoms with E-state index in [1.54, 1.807) is 10.8 Å². The number of fused-ring (bicyclic) bond motifs is 12. The zero-order valence-electron chi connectivity index (χ0n) is 40.7. The van der Waals surface area contributed by atoms with Crippen LogP contribution in [0.4, 0.5) is 0 Å². The van der Waals surface area contributed by atoms with Crippen LogP contribution in [0.2, 0.25) is 18.1 Å². The summed E-state index contributed by atoms with van der Waals surface area (Å²) in [4.78, 5) is 5.08. The van der Waals surface area contributed by atoms with Gasteiger partial charge in [0.25, 0.3) is 6.33 Å². The summed E-state index contributed by atoms with van der Waals surface area (Å²) in [5, 5.41) is 4.14. The molecule has 7 heteroatoms. The topological polar surface area (TPSA) is 35.9 Å². The van der Waals surface area contributed by atoms with Crippen LogP contribution < -0.4 is 14.5 Å². The summed E-state index contributed by atoms with van der Waals surface area (Å²) in [6, 6.07) is 73.4. The third kappa shape index (κ3) is 7.12. The van der Waals surface area contributed by atoms with Gasteiger partial charge in [-0.1, -0.05) is 190 Å². The Kier molecular flexibility index (Phi) is 10.8. The quantitative estimate of drug-likeness (QED) is 0.0978. The molecular formula is C65H52N4OPtSi-2. The maximum Gasteiger partial charge on any atom is 0.268 e. The molecule has 14 rings (SSSR count). The Hall–Kier alpha value is -7.11. The Morgan fingerprint density at radius 3 is 2.01 bits per heavy atom. The van der Waals surface area contributed by atoms with Crippen molar-refractivity contribution in [2.24, 2.45) is 0 Å². The van der Waals surface area contributed by atoms with Crippen LogP contribution >= 0.6 is 0 Å². The number of hydrogen-bond donors (Lipinski definition) is 0. The van der Waals surface area contributed by atoms with Crippen molar-refractivity contribution < 1.29 is 30.4 Å². The van der Waals surface area contributed by atoms with Gasteiger partial charge in [0.15, 0.2) is 0 Å². The summed E-state index contributed by atoms with van der Waals surface area (Å²) >= 11 is 0. The van der Waals surface area contributed by atoms with Crippen molar-refractivity contribution in [1.29, 1.82) is 0 Å². The van der Waals surface area contributed by atoms with E-state index in [2.05, 4.69) is 217 Å². The number of hydrogen-bond acceptors (Lipinski definition) is 2. The van der Waals surface area contributed by atoms with Gasteiger partial charge >= 0.3 is 0 Å². The Morgan fingerprint density at radius 2 is 1.24 bits per heavy atom. The molecule has 1 spiro atoms. The van der Waals surface area contributed by atoms with Crippen LogP contribution in [-0.4, -0.2) is 22.2 Å². The van der Waals surface area contributed by atoms with E-state index in [0.29, 0.717) is 11.5 Å². The fraction of sp³-hybridized carbons (Fsp3) is 0.169. The minimum Gasteiger partial charge on any atom is -0.510 e. The SMILES string of the molecule is CC(C)(C)c1ccnc(-n2c3[c-]c(Oc4[c-]c(-n5[c-][n+]6c7c(cccc75)-c5ccccc5-c5ccccc5-c5cccc(-c7ccccc7)c5-6)ccc4)ccc3c3cc4c(cc32)[Si]2(CCCC2)CCC4)c1.[Pt]. The van der Waals surface area contributed by atoms with Gasteiger partial charge in [0.2, 0.25) is 0 Å². The van der Waals surface area contributed by atoms with Crippen LogP contribution in [0.15, 0.2) is 176 Å². The van der Waals surface area contributed by atoms with E-state index in [1.807, 2.05) is 12.3 Å². The van der Waals surface area contributed by atoms with Gasteiger partial charge < -0.3 is 13.9 Å². The van der Waals surface area contributed by atoms with Crippen LogP contribution in [0.1, 0.15) is 51.2 Å². The van der Waals surface area contributed by atoms with Gasteiger partial charge in [-0.3, -0.25) is 4.57 Å². The first kappa shape index (κ1) is 44.8. The molecule has 0 N–H and O–H groups in total. The molecule has 0 amide bonds.